The lowest BCUT2D eigenvalue weighted by Gasteiger charge is -2.31. The Balaban J connectivity index is 2.88. The van der Waals surface area contributed by atoms with Crippen LogP contribution in [0.4, 0.5) is 0 Å². The van der Waals surface area contributed by atoms with Crippen LogP contribution in [0.1, 0.15) is 43.1 Å². The molecule has 1 aromatic carbocycles. The van der Waals surface area contributed by atoms with E-state index in [1.54, 1.807) is 19.1 Å². The van der Waals surface area contributed by atoms with Crippen LogP contribution in [0.15, 0.2) is 18.2 Å². The van der Waals surface area contributed by atoms with Gasteiger partial charge < -0.3 is 15.5 Å². The van der Waals surface area contributed by atoms with E-state index in [0.29, 0.717) is 12.0 Å². The Morgan fingerprint density at radius 2 is 2.00 bits per heavy atom. The molecule has 106 valence electrons. The van der Waals surface area contributed by atoms with Crippen molar-refractivity contribution in [2.24, 2.45) is 5.41 Å². The van der Waals surface area contributed by atoms with E-state index in [1.165, 1.54) is 6.07 Å². The molecule has 1 amide bonds. The Morgan fingerprint density at radius 1 is 1.37 bits per heavy atom. The fourth-order valence-corrected chi connectivity index (χ4v) is 1.99. The summed E-state index contributed by atoms with van der Waals surface area (Å²) in [4.78, 5) is 12.2. The van der Waals surface area contributed by atoms with Crippen LogP contribution in [0.3, 0.4) is 0 Å². The number of aryl methyl sites for hydroxylation is 1. The first-order valence-electron chi connectivity index (χ1n) is 6.47. The summed E-state index contributed by atoms with van der Waals surface area (Å²) in [5, 5.41) is 21.4. The Hall–Kier alpha value is -1.55. The minimum atomic E-state index is -0.175. The van der Waals surface area contributed by atoms with Crippen LogP contribution in [0, 0.1) is 12.3 Å². The predicted molar refractivity (Wildman–Crippen MR) is 75.3 cm³/mol. The number of rotatable bonds is 4. The number of aliphatic hydroxyl groups is 1. The summed E-state index contributed by atoms with van der Waals surface area (Å²) in [5.41, 5.74) is 1.16. The van der Waals surface area contributed by atoms with Crippen molar-refractivity contribution in [1.29, 1.82) is 0 Å². The summed E-state index contributed by atoms with van der Waals surface area (Å²) < 4.78 is 0. The Labute approximate surface area is 114 Å². The van der Waals surface area contributed by atoms with Gasteiger partial charge in [-0.3, -0.25) is 4.79 Å². The third-order valence-corrected chi connectivity index (χ3v) is 3.22. The highest BCUT2D eigenvalue weighted by atomic mass is 16.3. The fraction of sp³-hybridized carbons (Fsp3) is 0.533. The molecule has 0 spiro atoms. The Morgan fingerprint density at radius 3 is 2.47 bits per heavy atom. The van der Waals surface area contributed by atoms with Crippen molar-refractivity contribution in [3.63, 3.8) is 0 Å². The van der Waals surface area contributed by atoms with E-state index in [0.717, 1.165) is 5.56 Å². The van der Waals surface area contributed by atoms with Crippen LogP contribution in [0.2, 0.25) is 0 Å². The fourth-order valence-electron chi connectivity index (χ4n) is 1.99. The van der Waals surface area contributed by atoms with Crippen LogP contribution in [0.25, 0.3) is 0 Å². The summed E-state index contributed by atoms with van der Waals surface area (Å²) in [7, 11) is 0. The molecule has 3 N–H and O–H groups in total. The van der Waals surface area contributed by atoms with Gasteiger partial charge in [-0.15, -0.1) is 0 Å². The van der Waals surface area contributed by atoms with E-state index in [1.807, 2.05) is 20.8 Å². The van der Waals surface area contributed by atoms with Gasteiger partial charge >= 0.3 is 0 Å². The molecule has 0 saturated heterocycles. The van der Waals surface area contributed by atoms with Crippen molar-refractivity contribution in [2.75, 3.05) is 6.61 Å². The second-order valence-electron chi connectivity index (χ2n) is 5.90. The molecule has 0 aromatic heterocycles. The number of carbonyl (C=O) groups excluding carboxylic acids is 1. The maximum absolute atomic E-state index is 12.2. The molecule has 0 fully saturated rings. The van der Waals surface area contributed by atoms with Gasteiger partial charge in [-0.2, -0.15) is 0 Å². The van der Waals surface area contributed by atoms with Gasteiger partial charge in [0, 0.05) is 18.2 Å². The van der Waals surface area contributed by atoms with Crippen molar-refractivity contribution < 1.29 is 15.0 Å². The van der Waals surface area contributed by atoms with Gasteiger partial charge in [0.15, 0.2) is 0 Å². The first-order valence-corrected chi connectivity index (χ1v) is 6.47. The van der Waals surface area contributed by atoms with Crippen molar-refractivity contribution >= 4 is 5.91 Å². The van der Waals surface area contributed by atoms with E-state index < -0.39 is 0 Å². The van der Waals surface area contributed by atoms with Crippen LogP contribution >= 0.6 is 0 Å². The van der Waals surface area contributed by atoms with Gasteiger partial charge in [-0.25, -0.2) is 0 Å². The average Bonchev–Trinajstić information content (AvgIpc) is 2.26. The molecular weight excluding hydrogens is 242 g/mol. The molecule has 0 aliphatic heterocycles. The van der Waals surface area contributed by atoms with Crippen molar-refractivity contribution in [3.8, 4) is 5.75 Å². The monoisotopic (exact) mass is 265 g/mol. The predicted octanol–water partition coefficient (Wildman–Crippen LogP) is 2.23. The molecule has 0 saturated carbocycles. The second-order valence-corrected chi connectivity index (χ2v) is 5.90. The summed E-state index contributed by atoms with van der Waals surface area (Å²) in [5.74, 6) is -0.0253. The minimum absolute atomic E-state index is 0.0385. The number of nitrogens with one attached hydrogen (secondary N) is 1. The largest absolute Gasteiger partial charge is 0.508 e. The number of benzene rings is 1. The summed E-state index contributed by atoms with van der Waals surface area (Å²) >= 11 is 0. The zero-order valence-electron chi connectivity index (χ0n) is 12.0. The van der Waals surface area contributed by atoms with E-state index >= 15 is 0 Å². The number of hydrogen-bond acceptors (Lipinski definition) is 3. The smallest absolute Gasteiger partial charge is 0.251 e. The molecule has 1 unspecified atom stereocenters. The van der Waals surface area contributed by atoms with Gasteiger partial charge in [0.25, 0.3) is 5.91 Å². The molecule has 0 aliphatic rings. The topological polar surface area (TPSA) is 69.6 Å². The molecule has 0 aliphatic carbocycles. The van der Waals surface area contributed by atoms with Crippen molar-refractivity contribution in [1.82, 2.24) is 5.32 Å². The minimum Gasteiger partial charge on any atom is -0.508 e. The van der Waals surface area contributed by atoms with Crippen molar-refractivity contribution in [3.05, 3.63) is 29.3 Å². The quantitative estimate of drug-likeness (QED) is 0.782. The first-order chi connectivity index (χ1) is 8.75. The van der Waals surface area contributed by atoms with Gasteiger partial charge in [0.2, 0.25) is 0 Å². The van der Waals surface area contributed by atoms with Gasteiger partial charge in [0.1, 0.15) is 5.75 Å². The van der Waals surface area contributed by atoms with E-state index in [4.69, 9.17) is 5.11 Å². The van der Waals surface area contributed by atoms with E-state index in [2.05, 4.69) is 5.32 Å². The number of amides is 1. The number of aliphatic hydroxyl groups excluding tert-OH is 1. The Kier molecular flexibility index (Phi) is 4.95. The molecule has 4 heteroatoms. The molecule has 1 aromatic rings. The van der Waals surface area contributed by atoms with Crippen LogP contribution in [-0.2, 0) is 0 Å². The highest BCUT2D eigenvalue weighted by Gasteiger charge is 2.26. The lowest BCUT2D eigenvalue weighted by molar-refractivity contribution is 0.0884. The molecule has 0 heterocycles. The normalized spacial score (nSPS) is 13.1. The summed E-state index contributed by atoms with van der Waals surface area (Å²) in [6, 6.07) is 4.57. The number of aromatic hydroxyl groups is 1. The van der Waals surface area contributed by atoms with Gasteiger partial charge in [-0.05, 0) is 42.5 Å². The molecule has 0 bridgehead atoms. The standard InChI is InChI=1S/C15H23NO3/c1-10-9-11(18)5-6-12(10)14(19)16-13(7-8-17)15(2,3)4/h5-6,9,13,17-18H,7-8H2,1-4H3,(H,16,19). The average molecular weight is 265 g/mol. The van der Waals surface area contributed by atoms with E-state index in [9.17, 15) is 9.90 Å². The van der Waals surface area contributed by atoms with Gasteiger partial charge in [-0.1, -0.05) is 20.8 Å². The molecule has 0 radical (unpaired) electrons. The lowest BCUT2D eigenvalue weighted by atomic mass is 9.84. The second kappa shape index (κ2) is 6.06. The number of carbonyl (C=O) groups is 1. The van der Waals surface area contributed by atoms with Crippen LogP contribution in [-0.4, -0.2) is 28.8 Å². The van der Waals surface area contributed by atoms with Crippen LogP contribution < -0.4 is 5.32 Å². The number of hydrogen-bond donors (Lipinski definition) is 3. The molecule has 1 rings (SSSR count). The molecule has 19 heavy (non-hydrogen) atoms. The third kappa shape index (κ3) is 4.24. The van der Waals surface area contributed by atoms with Gasteiger partial charge in [0.05, 0.1) is 0 Å². The molecular formula is C15H23NO3. The molecule has 1 atom stereocenters. The van der Waals surface area contributed by atoms with E-state index in [-0.39, 0.29) is 29.7 Å². The maximum atomic E-state index is 12.2. The highest BCUT2D eigenvalue weighted by molar-refractivity contribution is 5.96. The summed E-state index contributed by atoms with van der Waals surface area (Å²) in [6.07, 6.45) is 0.520. The van der Waals surface area contributed by atoms with Crippen molar-refractivity contribution in [2.45, 2.75) is 40.2 Å². The number of phenolic OH excluding ortho intramolecular Hbond substituents is 1. The number of phenols is 1. The van der Waals surface area contributed by atoms with Crippen LogP contribution in [0.5, 0.6) is 5.75 Å². The lowest BCUT2D eigenvalue weighted by Crippen LogP contribution is -2.44. The first kappa shape index (κ1) is 15.5. The SMILES string of the molecule is Cc1cc(O)ccc1C(=O)NC(CCO)C(C)(C)C. The maximum Gasteiger partial charge on any atom is 0.251 e. The zero-order valence-corrected chi connectivity index (χ0v) is 12.0. The Bertz CT molecular complexity index is 449. The third-order valence-electron chi connectivity index (χ3n) is 3.22. The highest BCUT2D eigenvalue weighted by Crippen LogP contribution is 2.23. The molecule has 4 nitrogen and oxygen atoms in total. The summed E-state index contributed by atoms with van der Waals surface area (Å²) in [6.45, 7) is 7.90. The zero-order chi connectivity index (χ0) is 14.6.